The molecule has 0 spiro atoms. The van der Waals surface area contributed by atoms with Gasteiger partial charge in [0.2, 0.25) is 0 Å². The minimum atomic E-state index is -0.995. The average Bonchev–Trinajstić information content (AvgIpc) is 2.17. The van der Waals surface area contributed by atoms with Crippen molar-refractivity contribution in [1.82, 2.24) is 0 Å². The van der Waals surface area contributed by atoms with Crippen molar-refractivity contribution in [3.63, 3.8) is 0 Å². The molecule has 0 aliphatic carbocycles. The maximum atomic E-state index is 9.12. The summed E-state index contributed by atoms with van der Waals surface area (Å²) in [5, 5.41) is 17.4. The third-order valence-electron chi connectivity index (χ3n) is 1.21. The maximum Gasteiger partial charge on any atom is 0.160 e. The normalized spacial score (nSPS) is 37.0. The molecule has 0 aromatic carbocycles. The fourth-order valence-electron chi connectivity index (χ4n) is 0.642. The second kappa shape index (κ2) is 1.96. The summed E-state index contributed by atoms with van der Waals surface area (Å²) >= 11 is 1.63. The van der Waals surface area contributed by atoms with Gasteiger partial charge in [0.1, 0.15) is 0 Å². The fraction of sp³-hybridized carbons (Fsp3) is 0.800. The summed E-state index contributed by atoms with van der Waals surface area (Å²) in [6.07, 6.45) is 0.633. The molecule has 0 amide bonds. The monoisotopic (exact) mass is 129 g/mol. The average molecular weight is 129 g/mol. The number of rotatable bonds is 0. The number of hydrogen-bond acceptors (Lipinski definition) is 3. The quantitative estimate of drug-likeness (QED) is 0.481. The molecule has 0 radical (unpaired) electrons. The summed E-state index contributed by atoms with van der Waals surface area (Å²) in [5.74, 6) is 1.51. The predicted octanol–water partition coefficient (Wildman–Crippen LogP) is 0.378. The second-order valence-electron chi connectivity index (χ2n) is 1.95. The van der Waals surface area contributed by atoms with Gasteiger partial charge in [0.25, 0.3) is 0 Å². The highest BCUT2D eigenvalue weighted by atomic mass is 32.2. The highest BCUT2D eigenvalue weighted by Gasteiger charge is 2.30. The molecule has 0 aromatic heterocycles. The Morgan fingerprint density at radius 3 is 2.75 bits per heavy atom. The van der Waals surface area contributed by atoms with Gasteiger partial charge >= 0.3 is 0 Å². The first-order valence-electron chi connectivity index (χ1n) is 2.48. The highest BCUT2D eigenvalue weighted by Crippen LogP contribution is 2.26. The zero-order valence-corrected chi connectivity index (χ0v) is 5.24. The molecule has 8 heavy (non-hydrogen) atoms. The van der Waals surface area contributed by atoms with Gasteiger partial charge in [0.15, 0.2) is 5.60 Å². The maximum absolute atomic E-state index is 9.12. The molecule has 3 heteroatoms. The van der Waals surface area contributed by atoms with E-state index in [1.807, 2.05) is 6.07 Å². The molecule has 1 aliphatic heterocycles. The lowest BCUT2D eigenvalue weighted by Gasteiger charge is -2.07. The summed E-state index contributed by atoms with van der Waals surface area (Å²) in [4.78, 5) is 0. The molecule has 0 saturated carbocycles. The van der Waals surface area contributed by atoms with E-state index in [4.69, 9.17) is 10.4 Å². The van der Waals surface area contributed by atoms with Crippen LogP contribution in [0.1, 0.15) is 6.42 Å². The minimum Gasteiger partial charge on any atom is -0.374 e. The van der Waals surface area contributed by atoms with Crippen molar-refractivity contribution >= 4 is 11.8 Å². The lowest BCUT2D eigenvalue weighted by atomic mass is 10.1. The van der Waals surface area contributed by atoms with Gasteiger partial charge in [-0.25, -0.2) is 0 Å². The van der Waals surface area contributed by atoms with Gasteiger partial charge in [-0.1, -0.05) is 0 Å². The molecule has 1 unspecified atom stereocenters. The Morgan fingerprint density at radius 1 is 1.75 bits per heavy atom. The van der Waals surface area contributed by atoms with E-state index in [0.717, 1.165) is 5.75 Å². The van der Waals surface area contributed by atoms with Crippen LogP contribution in [0, 0.1) is 11.3 Å². The zero-order valence-electron chi connectivity index (χ0n) is 4.42. The van der Waals surface area contributed by atoms with E-state index in [0.29, 0.717) is 12.2 Å². The van der Waals surface area contributed by atoms with Gasteiger partial charge in [-0.05, 0) is 12.2 Å². The van der Waals surface area contributed by atoms with E-state index >= 15 is 0 Å². The first-order valence-corrected chi connectivity index (χ1v) is 3.64. The molecule has 2 nitrogen and oxygen atoms in total. The van der Waals surface area contributed by atoms with Crippen LogP contribution in [0.5, 0.6) is 0 Å². The number of aliphatic hydroxyl groups is 1. The fourth-order valence-corrected chi connectivity index (χ4v) is 1.82. The molecule has 1 rings (SSSR count). The molecule has 1 aliphatic rings. The smallest absolute Gasteiger partial charge is 0.160 e. The second-order valence-corrected chi connectivity index (χ2v) is 3.05. The topological polar surface area (TPSA) is 44.0 Å². The summed E-state index contributed by atoms with van der Waals surface area (Å²) in [5.41, 5.74) is -0.995. The SMILES string of the molecule is N#CC1(O)CCSC1. The minimum absolute atomic E-state index is 0.587. The summed E-state index contributed by atoms with van der Waals surface area (Å²) in [6.45, 7) is 0. The molecule has 1 atom stereocenters. The third-order valence-corrected chi connectivity index (χ3v) is 2.38. The van der Waals surface area contributed by atoms with Crippen molar-refractivity contribution in [3.05, 3.63) is 0 Å². The number of thioether (sulfide) groups is 1. The van der Waals surface area contributed by atoms with Crippen molar-refractivity contribution in [1.29, 1.82) is 5.26 Å². The molecular formula is C5H7NOS. The van der Waals surface area contributed by atoms with Crippen molar-refractivity contribution < 1.29 is 5.11 Å². The number of nitrogens with zero attached hydrogens (tertiary/aromatic N) is 1. The first-order chi connectivity index (χ1) is 3.77. The number of hydrogen-bond donors (Lipinski definition) is 1. The Labute approximate surface area is 52.5 Å². The Bertz CT molecular complexity index is 123. The molecule has 44 valence electrons. The van der Waals surface area contributed by atoms with Crippen LogP contribution in [-0.4, -0.2) is 22.2 Å². The van der Waals surface area contributed by atoms with Gasteiger partial charge in [0.05, 0.1) is 6.07 Å². The van der Waals surface area contributed by atoms with Crippen LogP contribution in [0.2, 0.25) is 0 Å². The zero-order chi connectivity index (χ0) is 6.04. The van der Waals surface area contributed by atoms with Gasteiger partial charge in [-0.2, -0.15) is 17.0 Å². The van der Waals surface area contributed by atoms with Gasteiger partial charge in [0, 0.05) is 5.75 Å². The summed E-state index contributed by atoms with van der Waals surface area (Å²) < 4.78 is 0. The highest BCUT2D eigenvalue weighted by molar-refractivity contribution is 7.99. The molecular weight excluding hydrogens is 122 g/mol. The van der Waals surface area contributed by atoms with E-state index < -0.39 is 5.60 Å². The van der Waals surface area contributed by atoms with Crippen LogP contribution < -0.4 is 0 Å². The predicted molar refractivity (Wildman–Crippen MR) is 32.5 cm³/mol. The van der Waals surface area contributed by atoms with E-state index in [-0.39, 0.29) is 0 Å². The summed E-state index contributed by atoms with van der Waals surface area (Å²) in [6, 6.07) is 1.88. The lowest BCUT2D eigenvalue weighted by molar-refractivity contribution is 0.128. The summed E-state index contributed by atoms with van der Waals surface area (Å²) in [7, 11) is 0. The van der Waals surface area contributed by atoms with Crippen molar-refractivity contribution in [2.45, 2.75) is 12.0 Å². The Balaban J connectivity index is 2.56. The Hall–Kier alpha value is -0.200. The largest absolute Gasteiger partial charge is 0.374 e. The van der Waals surface area contributed by atoms with E-state index in [1.165, 1.54) is 0 Å². The van der Waals surface area contributed by atoms with Crippen LogP contribution in [-0.2, 0) is 0 Å². The Morgan fingerprint density at radius 2 is 2.50 bits per heavy atom. The van der Waals surface area contributed by atoms with Crippen molar-refractivity contribution in [3.8, 4) is 6.07 Å². The first kappa shape index (κ1) is 5.93. The van der Waals surface area contributed by atoms with Crippen molar-refractivity contribution in [2.24, 2.45) is 0 Å². The van der Waals surface area contributed by atoms with Crippen molar-refractivity contribution in [2.75, 3.05) is 11.5 Å². The van der Waals surface area contributed by atoms with Crippen LogP contribution in [0.15, 0.2) is 0 Å². The van der Waals surface area contributed by atoms with Crippen LogP contribution in [0.4, 0.5) is 0 Å². The molecule has 0 bridgehead atoms. The molecule has 0 aromatic rings. The van der Waals surface area contributed by atoms with Gasteiger partial charge in [-0.3, -0.25) is 0 Å². The standard InChI is InChI=1S/C5H7NOS/c6-3-5(7)1-2-8-4-5/h7H,1-2,4H2. The molecule has 1 saturated heterocycles. The van der Waals surface area contributed by atoms with Crippen LogP contribution in [0.3, 0.4) is 0 Å². The Kier molecular flexibility index (Phi) is 1.45. The van der Waals surface area contributed by atoms with Crippen LogP contribution in [0.25, 0.3) is 0 Å². The van der Waals surface area contributed by atoms with E-state index in [9.17, 15) is 0 Å². The van der Waals surface area contributed by atoms with Gasteiger partial charge < -0.3 is 5.11 Å². The van der Waals surface area contributed by atoms with Gasteiger partial charge in [-0.15, -0.1) is 0 Å². The third kappa shape index (κ3) is 0.960. The van der Waals surface area contributed by atoms with E-state index in [1.54, 1.807) is 11.8 Å². The lowest BCUT2D eigenvalue weighted by Crippen LogP contribution is -2.24. The van der Waals surface area contributed by atoms with Crippen LogP contribution >= 0.6 is 11.8 Å². The molecule has 1 fully saturated rings. The van der Waals surface area contributed by atoms with E-state index in [2.05, 4.69) is 0 Å². The number of nitriles is 1. The molecule has 1 N–H and O–H groups in total. The molecule has 1 heterocycles.